The molecule has 2 aliphatic rings. The van der Waals surface area contributed by atoms with Gasteiger partial charge in [-0.05, 0) is 55.5 Å². The number of carbonyl (C=O) groups excluding carboxylic acids is 1. The molecule has 1 fully saturated rings. The highest BCUT2D eigenvalue weighted by Crippen LogP contribution is 2.28. The second-order valence-corrected chi connectivity index (χ2v) is 7.82. The van der Waals surface area contributed by atoms with E-state index >= 15 is 0 Å². The Bertz CT molecular complexity index is 818. The van der Waals surface area contributed by atoms with Gasteiger partial charge >= 0.3 is 0 Å². The van der Waals surface area contributed by atoms with E-state index in [1.54, 1.807) is 0 Å². The topological polar surface area (TPSA) is 41.6 Å². The number of halogens is 1. The zero-order valence-corrected chi connectivity index (χ0v) is 16.2. The van der Waals surface area contributed by atoms with Gasteiger partial charge in [0.25, 0.3) is 5.91 Å². The molecule has 1 amide bonds. The van der Waals surface area contributed by atoms with Crippen LogP contribution in [0.2, 0.25) is 5.02 Å². The maximum Gasteiger partial charge on any atom is 0.252 e. The molecule has 0 saturated carbocycles. The third-order valence-electron chi connectivity index (χ3n) is 5.42. The average Bonchev–Trinajstić information content (AvgIpc) is 2.73. The van der Waals surface area contributed by atoms with Crippen molar-refractivity contribution in [2.75, 3.05) is 31.1 Å². The van der Waals surface area contributed by atoms with Crippen molar-refractivity contribution in [3.8, 4) is 5.75 Å². The van der Waals surface area contributed by atoms with Crippen molar-refractivity contribution in [1.82, 2.24) is 5.32 Å². The summed E-state index contributed by atoms with van der Waals surface area (Å²) in [6.07, 6.45) is 4.60. The van der Waals surface area contributed by atoms with Crippen molar-refractivity contribution < 1.29 is 9.53 Å². The SMILES string of the molecule is O=C(NC[C@H]1COc2ccccc2C1)c1cc(N2CCCCC2)ccc1Cl. The summed E-state index contributed by atoms with van der Waals surface area (Å²) in [4.78, 5) is 15.1. The number of para-hydroxylation sites is 1. The molecule has 0 aromatic heterocycles. The molecule has 1 saturated heterocycles. The molecule has 27 heavy (non-hydrogen) atoms. The molecular formula is C22H25ClN2O2. The van der Waals surface area contributed by atoms with Gasteiger partial charge in [-0.2, -0.15) is 0 Å². The minimum Gasteiger partial charge on any atom is -0.493 e. The normalized spacial score (nSPS) is 19.1. The predicted molar refractivity (Wildman–Crippen MR) is 109 cm³/mol. The van der Waals surface area contributed by atoms with Crippen LogP contribution in [0.15, 0.2) is 42.5 Å². The van der Waals surface area contributed by atoms with Crippen LogP contribution in [-0.4, -0.2) is 32.1 Å². The van der Waals surface area contributed by atoms with Crippen LogP contribution in [0.5, 0.6) is 5.75 Å². The molecule has 0 radical (unpaired) electrons. The highest BCUT2D eigenvalue weighted by Gasteiger charge is 2.21. The number of amides is 1. The average molecular weight is 385 g/mol. The van der Waals surface area contributed by atoms with E-state index in [0.717, 1.165) is 30.9 Å². The van der Waals surface area contributed by atoms with Gasteiger partial charge < -0.3 is 15.0 Å². The number of nitrogens with one attached hydrogen (secondary N) is 1. The third kappa shape index (κ3) is 4.22. The summed E-state index contributed by atoms with van der Waals surface area (Å²) in [7, 11) is 0. The first-order valence-corrected chi connectivity index (χ1v) is 10.1. The first-order chi connectivity index (χ1) is 13.2. The molecule has 2 aliphatic heterocycles. The molecule has 0 spiro atoms. The van der Waals surface area contributed by atoms with Crippen molar-refractivity contribution in [2.24, 2.45) is 5.92 Å². The van der Waals surface area contributed by atoms with Crippen LogP contribution >= 0.6 is 11.6 Å². The summed E-state index contributed by atoms with van der Waals surface area (Å²) in [6.45, 7) is 3.29. The van der Waals surface area contributed by atoms with Gasteiger partial charge in [0.15, 0.2) is 0 Å². The lowest BCUT2D eigenvalue weighted by molar-refractivity contribution is 0.0939. The Labute approximate surface area is 165 Å². The Morgan fingerprint density at radius 1 is 1.15 bits per heavy atom. The number of ether oxygens (including phenoxy) is 1. The van der Waals surface area contributed by atoms with Crippen molar-refractivity contribution >= 4 is 23.2 Å². The lowest BCUT2D eigenvalue weighted by Gasteiger charge is -2.29. The fourth-order valence-electron chi connectivity index (χ4n) is 3.89. The zero-order chi connectivity index (χ0) is 18.6. The second kappa shape index (κ2) is 8.22. The maximum atomic E-state index is 12.7. The Hall–Kier alpha value is -2.20. The van der Waals surface area contributed by atoms with Crippen LogP contribution in [0.1, 0.15) is 35.2 Å². The van der Waals surface area contributed by atoms with Gasteiger partial charge in [-0.3, -0.25) is 4.79 Å². The van der Waals surface area contributed by atoms with E-state index < -0.39 is 0 Å². The molecular weight excluding hydrogens is 360 g/mol. The molecule has 0 unspecified atom stereocenters. The number of carbonyl (C=O) groups is 1. The molecule has 2 aromatic rings. The standard InChI is InChI=1S/C22H25ClN2O2/c23-20-9-8-18(25-10-4-1-5-11-25)13-19(20)22(26)24-14-16-12-17-6-2-3-7-21(17)27-15-16/h2-3,6-9,13,16H,1,4-5,10-12,14-15H2,(H,24,26)/t16-/m0/s1. The maximum absolute atomic E-state index is 12.7. The Morgan fingerprint density at radius 2 is 1.96 bits per heavy atom. The van der Waals surface area contributed by atoms with Crippen molar-refractivity contribution in [1.29, 1.82) is 0 Å². The molecule has 5 heteroatoms. The predicted octanol–water partition coefficient (Wildman–Crippen LogP) is 4.31. The molecule has 4 rings (SSSR count). The summed E-state index contributed by atoms with van der Waals surface area (Å²) >= 11 is 6.31. The molecule has 0 bridgehead atoms. The number of nitrogens with zero attached hydrogens (tertiary/aromatic N) is 1. The summed E-state index contributed by atoms with van der Waals surface area (Å²) < 4.78 is 5.81. The fourth-order valence-corrected chi connectivity index (χ4v) is 4.09. The van der Waals surface area contributed by atoms with Crippen LogP contribution in [-0.2, 0) is 6.42 Å². The van der Waals surface area contributed by atoms with Gasteiger partial charge in [-0.1, -0.05) is 29.8 Å². The number of rotatable bonds is 4. The van der Waals surface area contributed by atoms with E-state index in [9.17, 15) is 4.79 Å². The van der Waals surface area contributed by atoms with E-state index in [4.69, 9.17) is 16.3 Å². The third-order valence-corrected chi connectivity index (χ3v) is 5.75. The van der Waals surface area contributed by atoms with Crippen LogP contribution in [0.25, 0.3) is 0 Å². The van der Waals surface area contributed by atoms with Crippen LogP contribution in [0, 0.1) is 5.92 Å². The van der Waals surface area contributed by atoms with Gasteiger partial charge in [-0.25, -0.2) is 0 Å². The van der Waals surface area contributed by atoms with Crippen LogP contribution in [0.4, 0.5) is 5.69 Å². The van der Waals surface area contributed by atoms with E-state index in [0.29, 0.717) is 23.7 Å². The summed E-state index contributed by atoms with van der Waals surface area (Å²) in [5.74, 6) is 1.11. The minimum atomic E-state index is -0.113. The van der Waals surface area contributed by atoms with Crippen LogP contribution < -0.4 is 15.0 Å². The van der Waals surface area contributed by atoms with E-state index in [2.05, 4.69) is 16.3 Å². The van der Waals surface area contributed by atoms with Crippen molar-refractivity contribution in [2.45, 2.75) is 25.7 Å². The highest BCUT2D eigenvalue weighted by molar-refractivity contribution is 6.34. The number of hydrogen-bond acceptors (Lipinski definition) is 3. The van der Waals surface area contributed by atoms with Gasteiger partial charge in [0, 0.05) is 31.2 Å². The summed E-state index contributed by atoms with van der Waals surface area (Å²) in [6, 6.07) is 13.9. The molecule has 4 nitrogen and oxygen atoms in total. The lowest BCUT2D eigenvalue weighted by Crippen LogP contribution is -2.35. The largest absolute Gasteiger partial charge is 0.493 e. The highest BCUT2D eigenvalue weighted by atomic mass is 35.5. The van der Waals surface area contributed by atoms with Gasteiger partial charge in [0.1, 0.15) is 5.75 Å². The van der Waals surface area contributed by atoms with E-state index in [1.165, 1.54) is 24.8 Å². The Morgan fingerprint density at radius 3 is 2.81 bits per heavy atom. The van der Waals surface area contributed by atoms with E-state index in [-0.39, 0.29) is 11.8 Å². The minimum absolute atomic E-state index is 0.113. The van der Waals surface area contributed by atoms with Crippen LogP contribution in [0.3, 0.4) is 0 Å². The monoisotopic (exact) mass is 384 g/mol. The fraction of sp³-hybridized carbons (Fsp3) is 0.409. The molecule has 2 aromatic carbocycles. The summed E-state index contributed by atoms with van der Waals surface area (Å²) in [5, 5.41) is 3.55. The van der Waals surface area contributed by atoms with Crippen molar-refractivity contribution in [3.63, 3.8) is 0 Å². The number of benzene rings is 2. The van der Waals surface area contributed by atoms with Gasteiger partial charge in [0.2, 0.25) is 0 Å². The van der Waals surface area contributed by atoms with E-state index in [1.807, 2.05) is 36.4 Å². The number of hydrogen-bond donors (Lipinski definition) is 1. The first-order valence-electron chi connectivity index (χ1n) is 9.74. The molecule has 0 aliphatic carbocycles. The molecule has 142 valence electrons. The number of fused-ring (bicyclic) bond motifs is 1. The Kier molecular flexibility index (Phi) is 5.53. The summed E-state index contributed by atoms with van der Waals surface area (Å²) in [5.41, 5.74) is 2.84. The molecule has 2 heterocycles. The van der Waals surface area contributed by atoms with Gasteiger partial charge in [0.05, 0.1) is 17.2 Å². The van der Waals surface area contributed by atoms with Crippen molar-refractivity contribution in [3.05, 3.63) is 58.6 Å². The molecule has 1 N–H and O–H groups in total. The smallest absolute Gasteiger partial charge is 0.252 e. The number of piperidine rings is 1. The van der Waals surface area contributed by atoms with Gasteiger partial charge in [-0.15, -0.1) is 0 Å². The first kappa shape index (κ1) is 18.2. The Balaban J connectivity index is 1.39. The number of anilines is 1. The second-order valence-electron chi connectivity index (χ2n) is 7.41. The molecule has 1 atom stereocenters. The zero-order valence-electron chi connectivity index (χ0n) is 15.4. The lowest BCUT2D eigenvalue weighted by atomic mass is 9.96. The quantitative estimate of drug-likeness (QED) is 0.853.